The van der Waals surface area contributed by atoms with Crippen LogP contribution in [0.5, 0.6) is 11.5 Å². The summed E-state index contributed by atoms with van der Waals surface area (Å²) in [7, 11) is 1.59. The lowest BCUT2D eigenvalue weighted by atomic mass is 10.1. The lowest BCUT2D eigenvalue weighted by Crippen LogP contribution is -2.32. The van der Waals surface area contributed by atoms with Crippen LogP contribution in [0.15, 0.2) is 47.3 Å². The van der Waals surface area contributed by atoms with Crippen LogP contribution >= 0.6 is 0 Å². The molecule has 0 unspecified atom stereocenters. The van der Waals surface area contributed by atoms with Crippen molar-refractivity contribution < 1.29 is 14.6 Å². The third-order valence-electron chi connectivity index (χ3n) is 4.78. The van der Waals surface area contributed by atoms with Gasteiger partial charge in [0.05, 0.1) is 12.6 Å². The van der Waals surface area contributed by atoms with Crippen molar-refractivity contribution in [2.45, 2.75) is 19.5 Å². The maximum Gasteiger partial charge on any atom is 0.267 e. The third-order valence-corrected chi connectivity index (χ3v) is 4.78. The molecule has 132 valence electrons. The lowest BCUT2D eigenvalue weighted by Gasteiger charge is -2.12. The molecule has 0 saturated heterocycles. The standard InChI is InChI=1S/C20H18N2O4/c1-26-14-7-5-12(6-8-14)11-21-19(24)16-18(23)15-4-2-3-13-9-10-22(17(13)15)20(16)25/h2-8,23H,9-11H2,1H3,(H,21,24). The molecule has 2 aromatic carbocycles. The molecule has 6 heteroatoms. The number of methoxy groups -OCH3 is 1. The summed E-state index contributed by atoms with van der Waals surface area (Å²) in [6, 6.07) is 12.8. The number of hydrogen-bond donors (Lipinski definition) is 2. The summed E-state index contributed by atoms with van der Waals surface area (Å²) in [6.45, 7) is 0.771. The Labute approximate surface area is 149 Å². The molecule has 6 nitrogen and oxygen atoms in total. The van der Waals surface area contributed by atoms with Gasteiger partial charge in [-0.2, -0.15) is 0 Å². The fraction of sp³-hybridized carbons (Fsp3) is 0.200. The highest BCUT2D eigenvalue weighted by atomic mass is 16.5. The van der Waals surface area contributed by atoms with Crippen molar-refractivity contribution in [3.05, 3.63) is 69.5 Å². The fourth-order valence-corrected chi connectivity index (χ4v) is 3.44. The Balaban J connectivity index is 1.66. The number of amides is 1. The third kappa shape index (κ3) is 2.50. The van der Waals surface area contributed by atoms with Crippen LogP contribution in [0.3, 0.4) is 0 Å². The number of rotatable bonds is 4. The summed E-state index contributed by atoms with van der Waals surface area (Å²) < 4.78 is 6.68. The van der Waals surface area contributed by atoms with Crippen molar-refractivity contribution in [1.29, 1.82) is 0 Å². The van der Waals surface area contributed by atoms with Gasteiger partial charge in [-0.05, 0) is 35.7 Å². The first-order valence-corrected chi connectivity index (χ1v) is 8.38. The minimum atomic E-state index is -0.578. The largest absolute Gasteiger partial charge is 0.506 e. The van der Waals surface area contributed by atoms with Gasteiger partial charge >= 0.3 is 0 Å². The average Bonchev–Trinajstić information content (AvgIpc) is 3.10. The van der Waals surface area contributed by atoms with Gasteiger partial charge in [-0.1, -0.05) is 24.3 Å². The molecule has 4 rings (SSSR count). The Hall–Kier alpha value is -3.28. The zero-order valence-electron chi connectivity index (χ0n) is 14.3. The molecule has 26 heavy (non-hydrogen) atoms. The molecule has 0 fully saturated rings. The predicted molar refractivity (Wildman–Crippen MR) is 97.7 cm³/mol. The van der Waals surface area contributed by atoms with Gasteiger partial charge in [0.25, 0.3) is 11.5 Å². The first-order chi connectivity index (χ1) is 12.6. The monoisotopic (exact) mass is 350 g/mol. The van der Waals surface area contributed by atoms with Crippen molar-refractivity contribution >= 4 is 16.8 Å². The quantitative estimate of drug-likeness (QED) is 0.756. The molecule has 0 bridgehead atoms. The highest BCUT2D eigenvalue weighted by molar-refractivity contribution is 6.03. The number of nitrogens with zero attached hydrogens (tertiary/aromatic N) is 1. The van der Waals surface area contributed by atoms with E-state index in [1.54, 1.807) is 29.9 Å². The molecule has 3 aromatic rings. The Morgan fingerprint density at radius 1 is 1.23 bits per heavy atom. The molecule has 0 radical (unpaired) electrons. The Bertz CT molecular complexity index is 1070. The van der Waals surface area contributed by atoms with Crippen LogP contribution in [0.1, 0.15) is 21.5 Å². The van der Waals surface area contributed by atoms with Gasteiger partial charge in [0.2, 0.25) is 0 Å². The van der Waals surface area contributed by atoms with Gasteiger partial charge in [0.15, 0.2) is 0 Å². The minimum absolute atomic E-state index is 0.204. The number of pyridine rings is 1. The minimum Gasteiger partial charge on any atom is -0.506 e. The zero-order valence-corrected chi connectivity index (χ0v) is 14.3. The van der Waals surface area contributed by atoms with Crippen molar-refractivity contribution in [3.63, 3.8) is 0 Å². The molecule has 1 amide bonds. The number of aryl methyl sites for hydroxylation is 2. The number of aromatic hydroxyl groups is 1. The fourth-order valence-electron chi connectivity index (χ4n) is 3.44. The molecule has 1 aromatic heterocycles. The van der Waals surface area contributed by atoms with Gasteiger partial charge < -0.3 is 19.7 Å². The Kier molecular flexibility index (Phi) is 3.88. The summed E-state index contributed by atoms with van der Waals surface area (Å²) >= 11 is 0. The second-order valence-corrected chi connectivity index (χ2v) is 6.27. The van der Waals surface area contributed by atoms with Crippen LogP contribution in [-0.2, 0) is 19.5 Å². The molecule has 1 aliphatic rings. The normalized spacial score (nSPS) is 12.3. The highest BCUT2D eigenvalue weighted by Gasteiger charge is 2.25. The highest BCUT2D eigenvalue weighted by Crippen LogP contribution is 2.31. The number of aromatic nitrogens is 1. The lowest BCUT2D eigenvalue weighted by molar-refractivity contribution is 0.0946. The second-order valence-electron chi connectivity index (χ2n) is 6.27. The van der Waals surface area contributed by atoms with Crippen molar-refractivity contribution in [3.8, 4) is 11.5 Å². The maximum atomic E-state index is 12.7. The molecule has 1 aliphatic heterocycles. The molecule has 2 heterocycles. The second kappa shape index (κ2) is 6.22. The molecule has 0 saturated carbocycles. The van der Waals surface area contributed by atoms with Gasteiger partial charge in [-0.25, -0.2) is 0 Å². The first-order valence-electron chi connectivity index (χ1n) is 8.38. The van der Waals surface area contributed by atoms with Gasteiger partial charge in [-0.15, -0.1) is 0 Å². The van der Waals surface area contributed by atoms with Crippen molar-refractivity contribution in [2.75, 3.05) is 7.11 Å². The molecule has 0 spiro atoms. The summed E-state index contributed by atoms with van der Waals surface area (Å²) in [5.74, 6) is -0.104. The average molecular weight is 350 g/mol. The number of nitrogens with one attached hydrogen (secondary N) is 1. The van der Waals surface area contributed by atoms with E-state index in [0.717, 1.165) is 28.8 Å². The number of ether oxygens (including phenoxy) is 1. The van der Waals surface area contributed by atoms with Crippen LogP contribution in [0.25, 0.3) is 10.9 Å². The summed E-state index contributed by atoms with van der Waals surface area (Å²) in [6.07, 6.45) is 0.725. The molecule has 0 atom stereocenters. The summed E-state index contributed by atoms with van der Waals surface area (Å²) in [4.78, 5) is 25.3. The van der Waals surface area contributed by atoms with Crippen LogP contribution in [0, 0.1) is 0 Å². The van der Waals surface area contributed by atoms with Crippen LogP contribution < -0.4 is 15.6 Å². The van der Waals surface area contributed by atoms with Gasteiger partial charge in [-0.3, -0.25) is 9.59 Å². The summed E-state index contributed by atoms with van der Waals surface area (Å²) in [5, 5.41) is 13.8. The van der Waals surface area contributed by atoms with E-state index in [-0.39, 0.29) is 17.9 Å². The molecule has 0 aliphatic carbocycles. The number of carbonyl (C=O) groups is 1. The van der Waals surface area contributed by atoms with E-state index in [1.165, 1.54) is 0 Å². The van der Waals surface area contributed by atoms with E-state index in [1.807, 2.05) is 24.3 Å². The number of hydrogen-bond acceptors (Lipinski definition) is 4. The first kappa shape index (κ1) is 16.2. The van der Waals surface area contributed by atoms with Crippen LogP contribution in [0.4, 0.5) is 0 Å². The number of para-hydroxylation sites is 1. The Morgan fingerprint density at radius 3 is 2.73 bits per heavy atom. The van der Waals surface area contributed by atoms with E-state index in [4.69, 9.17) is 4.74 Å². The number of carbonyl (C=O) groups excluding carboxylic acids is 1. The molecular formula is C20H18N2O4. The zero-order chi connectivity index (χ0) is 18.3. The topological polar surface area (TPSA) is 80.6 Å². The van der Waals surface area contributed by atoms with Crippen molar-refractivity contribution in [2.24, 2.45) is 0 Å². The van der Waals surface area contributed by atoms with E-state index >= 15 is 0 Å². The van der Waals surface area contributed by atoms with Gasteiger partial charge in [0, 0.05) is 18.5 Å². The van der Waals surface area contributed by atoms with E-state index in [0.29, 0.717) is 11.9 Å². The van der Waals surface area contributed by atoms with E-state index in [9.17, 15) is 14.7 Å². The Morgan fingerprint density at radius 2 is 2.00 bits per heavy atom. The predicted octanol–water partition coefficient (Wildman–Crippen LogP) is 2.20. The molecule has 2 N–H and O–H groups in total. The smallest absolute Gasteiger partial charge is 0.267 e. The van der Waals surface area contributed by atoms with Gasteiger partial charge in [0.1, 0.15) is 17.1 Å². The number of benzene rings is 2. The van der Waals surface area contributed by atoms with Crippen LogP contribution in [0.2, 0.25) is 0 Å². The molecular weight excluding hydrogens is 332 g/mol. The van der Waals surface area contributed by atoms with Crippen molar-refractivity contribution in [1.82, 2.24) is 9.88 Å². The maximum absolute atomic E-state index is 12.7. The van der Waals surface area contributed by atoms with E-state index < -0.39 is 11.5 Å². The SMILES string of the molecule is COc1ccc(CNC(=O)c2c(O)c3cccc4c3n(c2=O)CC4)cc1. The van der Waals surface area contributed by atoms with Crippen LogP contribution in [-0.4, -0.2) is 22.7 Å². The van der Waals surface area contributed by atoms with E-state index in [2.05, 4.69) is 5.32 Å². The summed E-state index contributed by atoms with van der Waals surface area (Å²) in [5.41, 5.74) is 1.95.